The van der Waals surface area contributed by atoms with Crippen LogP contribution in [0.3, 0.4) is 0 Å². The highest BCUT2D eigenvalue weighted by Crippen LogP contribution is 2.29. The fourth-order valence-corrected chi connectivity index (χ4v) is 3.15. The van der Waals surface area contributed by atoms with E-state index in [9.17, 15) is 17.6 Å². The molecular weight excluding hydrogens is 297 g/mol. The minimum Gasteiger partial charge on any atom is -0.462 e. The molecule has 0 atom stereocenters. The van der Waals surface area contributed by atoms with Gasteiger partial charge in [0.15, 0.2) is 0 Å². The highest BCUT2D eigenvalue weighted by molar-refractivity contribution is 7.89. The van der Waals surface area contributed by atoms with E-state index in [1.807, 2.05) is 0 Å². The van der Waals surface area contributed by atoms with E-state index in [4.69, 9.17) is 9.88 Å². The first kappa shape index (κ1) is 15.9. The molecule has 1 saturated carbocycles. The van der Waals surface area contributed by atoms with Crippen LogP contribution in [0.25, 0.3) is 0 Å². The van der Waals surface area contributed by atoms with Crippen molar-refractivity contribution in [2.75, 3.05) is 6.61 Å². The second-order valence-electron chi connectivity index (χ2n) is 5.34. The summed E-state index contributed by atoms with van der Waals surface area (Å²) < 4.78 is 41.4. The van der Waals surface area contributed by atoms with E-state index in [0.717, 1.165) is 31.4 Å². The Bertz CT molecular complexity index is 653. The number of hydrogen-bond acceptors (Lipinski definition) is 4. The highest BCUT2D eigenvalue weighted by Gasteiger charge is 2.22. The third-order valence-corrected chi connectivity index (χ3v) is 4.87. The van der Waals surface area contributed by atoms with Crippen LogP contribution in [-0.2, 0) is 14.8 Å². The van der Waals surface area contributed by atoms with E-state index < -0.39 is 26.7 Å². The number of rotatable bonds is 5. The molecule has 0 aromatic heterocycles. The van der Waals surface area contributed by atoms with Gasteiger partial charge in [-0.3, -0.25) is 0 Å². The van der Waals surface area contributed by atoms with E-state index in [2.05, 4.69) is 0 Å². The first-order chi connectivity index (χ1) is 9.79. The fourth-order valence-electron chi connectivity index (χ4n) is 2.34. The van der Waals surface area contributed by atoms with Crippen molar-refractivity contribution in [3.8, 4) is 0 Å². The molecule has 21 heavy (non-hydrogen) atoms. The minimum atomic E-state index is -4.09. The van der Waals surface area contributed by atoms with Gasteiger partial charge in [0, 0.05) is 0 Å². The smallest absolute Gasteiger partial charge is 0.338 e. The number of esters is 1. The maximum atomic E-state index is 13.5. The van der Waals surface area contributed by atoms with Crippen molar-refractivity contribution in [1.82, 2.24) is 0 Å². The zero-order valence-electron chi connectivity index (χ0n) is 11.8. The van der Waals surface area contributed by atoms with Crippen molar-refractivity contribution in [2.24, 2.45) is 11.1 Å². The number of carbonyl (C=O) groups is 1. The largest absolute Gasteiger partial charge is 0.462 e. The molecule has 1 aromatic carbocycles. The third-order valence-electron chi connectivity index (χ3n) is 3.84. The molecule has 1 fully saturated rings. The normalized spacial score (nSPS) is 15.6. The summed E-state index contributed by atoms with van der Waals surface area (Å²) in [5, 5.41) is 5.01. The SMILES string of the molecule is Cc1c(C(=O)OCCC2CCC2)cc(F)cc1S(N)(=O)=O. The molecule has 0 unspecified atom stereocenters. The predicted molar refractivity (Wildman–Crippen MR) is 74.8 cm³/mol. The Morgan fingerprint density at radius 2 is 2.10 bits per heavy atom. The predicted octanol–water partition coefficient (Wildman–Crippen LogP) is 2.13. The van der Waals surface area contributed by atoms with Crippen LogP contribution < -0.4 is 5.14 Å². The standard InChI is InChI=1S/C14H18FNO4S/c1-9-12(7-11(15)8-13(9)21(16,18)19)14(17)20-6-5-10-3-2-4-10/h7-8,10H,2-6H2,1H3,(H2,16,18,19). The molecule has 2 rings (SSSR count). The van der Waals surface area contributed by atoms with Crippen LogP contribution in [0.2, 0.25) is 0 Å². The molecule has 0 saturated heterocycles. The maximum absolute atomic E-state index is 13.5. The summed E-state index contributed by atoms with van der Waals surface area (Å²) in [5.74, 6) is -0.974. The lowest BCUT2D eigenvalue weighted by Crippen LogP contribution is -2.18. The second-order valence-corrected chi connectivity index (χ2v) is 6.87. The van der Waals surface area contributed by atoms with Gasteiger partial charge in [0.1, 0.15) is 5.82 Å². The molecule has 0 bridgehead atoms. The van der Waals surface area contributed by atoms with E-state index in [1.54, 1.807) is 0 Å². The van der Waals surface area contributed by atoms with Gasteiger partial charge in [-0.05, 0) is 37.0 Å². The van der Waals surface area contributed by atoms with E-state index >= 15 is 0 Å². The van der Waals surface area contributed by atoms with Crippen molar-refractivity contribution in [3.63, 3.8) is 0 Å². The summed E-state index contributed by atoms with van der Waals surface area (Å²) in [6, 6.07) is 1.77. The zero-order valence-corrected chi connectivity index (χ0v) is 12.6. The summed E-state index contributed by atoms with van der Waals surface area (Å²) in [5.41, 5.74) is 0.000165. The first-order valence-corrected chi connectivity index (χ1v) is 8.33. The Hall–Kier alpha value is -1.47. The number of ether oxygens (including phenoxy) is 1. The molecule has 0 radical (unpaired) electrons. The molecule has 5 nitrogen and oxygen atoms in total. The van der Waals surface area contributed by atoms with Crippen molar-refractivity contribution >= 4 is 16.0 Å². The van der Waals surface area contributed by atoms with Crippen LogP contribution in [0.15, 0.2) is 17.0 Å². The summed E-state index contributed by atoms with van der Waals surface area (Å²) in [6.07, 6.45) is 4.28. The summed E-state index contributed by atoms with van der Waals surface area (Å²) >= 11 is 0. The van der Waals surface area contributed by atoms with Gasteiger partial charge in [-0.15, -0.1) is 0 Å². The Labute approximate surface area is 123 Å². The Kier molecular flexibility index (Phi) is 4.63. The van der Waals surface area contributed by atoms with Crippen LogP contribution in [0, 0.1) is 18.7 Å². The molecule has 1 aliphatic carbocycles. The number of sulfonamides is 1. The lowest BCUT2D eigenvalue weighted by molar-refractivity contribution is 0.0462. The lowest BCUT2D eigenvalue weighted by Gasteiger charge is -2.24. The molecule has 7 heteroatoms. The van der Waals surface area contributed by atoms with Crippen molar-refractivity contribution in [1.29, 1.82) is 0 Å². The van der Waals surface area contributed by atoms with Crippen LogP contribution in [0.4, 0.5) is 4.39 Å². The Balaban J connectivity index is 2.14. The minimum absolute atomic E-state index is 0.104. The number of nitrogens with two attached hydrogens (primary N) is 1. The van der Waals surface area contributed by atoms with Crippen LogP contribution >= 0.6 is 0 Å². The number of primary sulfonamides is 1. The van der Waals surface area contributed by atoms with Gasteiger partial charge in [0.2, 0.25) is 10.0 Å². The van der Waals surface area contributed by atoms with Gasteiger partial charge in [0.05, 0.1) is 17.1 Å². The third kappa shape index (κ3) is 3.79. The van der Waals surface area contributed by atoms with E-state index in [1.165, 1.54) is 13.3 Å². The highest BCUT2D eigenvalue weighted by atomic mass is 32.2. The van der Waals surface area contributed by atoms with Gasteiger partial charge >= 0.3 is 5.97 Å². The zero-order chi connectivity index (χ0) is 15.6. The number of hydrogen-bond donors (Lipinski definition) is 1. The number of halogens is 1. The van der Waals surface area contributed by atoms with Crippen molar-refractivity contribution < 1.29 is 22.3 Å². The van der Waals surface area contributed by atoms with E-state index in [-0.39, 0.29) is 17.7 Å². The average molecular weight is 315 g/mol. The molecule has 0 heterocycles. The average Bonchev–Trinajstić information content (AvgIpc) is 2.33. The summed E-state index contributed by atoms with van der Waals surface area (Å²) in [4.78, 5) is 11.6. The molecular formula is C14H18FNO4S. The lowest BCUT2D eigenvalue weighted by atomic mass is 9.83. The Morgan fingerprint density at radius 1 is 1.43 bits per heavy atom. The van der Waals surface area contributed by atoms with Crippen LogP contribution in [0.1, 0.15) is 41.6 Å². The number of carbonyl (C=O) groups excluding carboxylic acids is 1. The number of benzene rings is 1. The molecule has 0 spiro atoms. The van der Waals surface area contributed by atoms with Gasteiger partial charge in [0.25, 0.3) is 0 Å². The van der Waals surface area contributed by atoms with Crippen molar-refractivity contribution in [2.45, 2.75) is 37.5 Å². The summed E-state index contributed by atoms with van der Waals surface area (Å²) in [7, 11) is -4.09. The second kappa shape index (κ2) is 6.11. The molecule has 2 N–H and O–H groups in total. The molecule has 0 amide bonds. The van der Waals surface area contributed by atoms with Crippen LogP contribution in [0.5, 0.6) is 0 Å². The van der Waals surface area contributed by atoms with Crippen LogP contribution in [-0.4, -0.2) is 21.0 Å². The van der Waals surface area contributed by atoms with Gasteiger partial charge < -0.3 is 4.74 Å². The quantitative estimate of drug-likeness (QED) is 0.843. The molecule has 1 aromatic rings. The van der Waals surface area contributed by atoms with Gasteiger partial charge in [-0.1, -0.05) is 19.3 Å². The topological polar surface area (TPSA) is 86.5 Å². The molecule has 116 valence electrons. The molecule has 1 aliphatic rings. The van der Waals surface area contributed by atoms with Gasteiger partial charge in [-0.2, -0.15) is 0 Å². The maximum Gasteiger partial charge on any atom is 0.338 e. The van der Waals surface area contributed by atoms with Crippen molar-refractivity contribution in [3.05, 3.63) is 29.1 Å². The monoisotopic (exact) mass is 315 g/mol. The fraction of sp³-hybridized carbons (Fsp3) is 0.500. The van der Waals surface area contributed by atoms with E-state index in [0.29, 0.717) is 5.92 Å². The first-order valence-electron chi connectivity index (χ1n) is 6.79. The molecule has 0 aliphatic heterocycles. The van der Waals surface area contributed by atoms with Gasteiger partial charge in [-0.25, -0.2) is 22.7 Å². The summed E-state index contributed by atoms with van der Waals surface area (Å²) in [6.45, 7) is 1.66. The Morgan fingerprint density at radius 3 is 2.62 bits per heavy atom.